The summed E-state index contributed by atoms with van der Waals surface area (Å²) in [6.45, 7) is 3.67. The van der Waals surface area contributed by atoms with Gasteiger partial charge in [-0.2, -0.15) is 0 Å². The molecule has 2 heterocycles. The molecule has 0 saturated heterocycles. The van der Waals surface area contributed by atoms with Crippen molar-refractivity contribution < 1.29 is 23.9 Å². The molecule has 0 unspecified atom stereocenters. The third-order valence-corrected chi connectivity index (χ3v) is 4.42. The van der Waals surface area contributed by atoms with Gasteiger partial charge in [-0.15, -0.1) is 0 Å². The van der Waals surface area contributed by atoms with Crippen LogP contribution in [0, 0.1) is 17.0 Å². The lowest BCUT2D eigenvalue weighted by Crippen LogP contribution is -2.06. The number of ether oxygens (including phenoxy) is 3. The van der Waals surface area contributed by atoms with Crippen molar-refractivity contribution in [2.75, 3.05) is 6.79 Å². The van der Waals surface area contributed by atoms with E-state index in [1.165, 1.54) is 12.1 Å². The first kappa shape index (κ1) is 18.4. The zero-order valence-electron chi connectivity index (χ0n) is 15.7. The number of carbonyl (C=O) groups excluding carboxylic acids is 1. The fraction of sp³-hybridized carbons (Fsp3) is 0.143. The fourth-order valence-corrected chi connectivity index (χ4v) is 3.05. The molecule has 0 bridgehead atoms. The van der Waals surface area contributed by atoms with E-state index in [9.17, 15) is 14.9 Å². The predicted octanol–water partition coefficient (Wildman–Crippen LogP) is 3.92. The Balaban J connectivity index is 1.59. The van der Waals surface area contributed by atoms with E-state index < -0.39 is 10.9 Å². The van der Waals surface area contributed by atoms with Crippen LogP contribution in [0.3, 0.4) is 0 Å². The number of aryl methyl sites for hydroxylation is 1. The lowest BCUT2D eigenvalue weighted by Gasteiger charge is -2.01. The van der Waals surface area contributed by atoms with E-state index in [2.05, 4.69) is 4.99 Å². The zero-order chi connectivity index (χ0) is 20.5. The van der Waals surface area contributed by atoms with Crippen molar-refractivity contribution in [2.45, 2.75) is 13.8 Å². The van der Waals surface area contributed by atoms with Gasteiger partial charge in [0.15, 0.2) is 17.2 Å². The van der Waals surface area contributed by atoms with Gasteiger partial charge in [-0.1, -0.05) is 12.1 Å². The van der Waals surface area contributed by atoms with Crippen LogP contribution in [-0.2, 0) is 9.53 Å². The number of nitrogens with zero attached hydrogens (tertiary/aromatic N) is 2. The number of carbonyl (C=O) groups is 1. The molecule has 0 aliphatic carbocycles. The monoisotopic (exact) mass is 392 g/mol. The minimum atomic E-state index is -0.575. The molecule has 2 aromatic rings. The summed E-state index contributed by atoms with van der Waals surface area (Å²) in [5.41, 5.74) is 2.80. The number of nitro groups is 1. The smallest absolute Gasteiger partial charge is 0.363 e. The second-order valence-electron chi connectivity index (χ2n) is 6.60. The zero-order valence-corrected chi connectivity index (χ0v) is 15.7. The summed E-state index contributed by atoms with van der Waals surface area (Å²) in [6, 6.07) is 10.0. The van der Waals surface area contributed by atoms with Crippen LogP contribution >= 0.6 is 0 Å². The first-order chi connectivity index (χ1) is 13.9. The number of hydrogen-bond acceptors (Lipinski definition) is 7. The summed E-state index contributed by atoms with van der Waals surface area (Å²) in [4.78, 5) is 26.9. The number of rotatable bonds is 4. The van der Waals surface area contributed by atoms with E-state index in [-0.39, 0.29) is 24.1 Å². The van der Waals surface area contributed by atoms with Gasteiger partial charge in [0.25, 0.3) is 5.69 Å². The third kappa shape index (κ3) is 3.73. The van der Waals surface area contributed by atoms with Crippen LogP contribution in [0.2, 0.25) is 0 Å². The van der Waals surface area contributed by atoms with Crippen molar-refractivity contribution >= 4 is 23.6 Å². The Morgan fingerprint density at radius 1 is 1.17 bits per heavy atom. The third-order valence-electron chi connectivity index (χ3n) is 4.42. The van der Waals surface area contributed by atoms with Crippen LogP contribution in [-0.4, -0.2) is 23.6 Å². The summed E-state index contributed by atoms with van der Waals surface area (Å²) in [5.74, 6) is 0.919. The van der Waals surface area contributed by atoms with E-state index >= 15 is 0 Å². The SMILES string of the molecule is CC(/C=C1\N=C(c2ccc([N+](=O)[O-])c(C)c2)OC1=O)=C\c1ccc2c(c1)OCO2. The molecule has 2 aliphatic heterocycles. The number of allylic oxidation sites excluding steroid dienone is 2. The number of fused-ring (bicyclic) bond motifs is 1. The molecule has 0 atom stereocenters. The normalized spacial score (nSPS) is 16.8. The average Bonchev–Trinajstić information content (AvgIpc) is 3.27. The van der Waals surface area contributed by atoms with Gasteiger partial charge in [0, 0.05) is 17.2 Å². The Bertz CT molecular complexity index is 1130. The molecule has 0 N–H and O–H groups in total. The minimum Gasteiger partial charge on any atom is -0.454 e. The van der Waals surface area contributed by atoms with Crippen molar-refractivity contribution in [2.24, 2.45) is 4.99 Å². The standard InChI is InChI=1S/C21H16N2O6/c1-12(7-14-3-6-18-19(10-14)28-11-27-18)8-16-21(24)29-20(22-16)15-4-5-17(23(25)26)13(2)9-15/h3-10H,11H2,1-2H3/b12-7+,16-8-. The maximum atomic E-state index is 12.2. The van der Waals surface area contributed by atoms with Crippen LogP contribution in [0.5, 0.6) is 11.5 Å². The van der Waals surface area contributed by atoms with Crippen LogP contribution in [0.4, 0.5) is 5.69 Å². The number of aliphatic imine (C=N–C) groups is 1. The number of nitro benzene ring substituents is 1. The average molecular weight is 392 g/mol. The van der Waals surface area contributed by atoms with Gasteiger partial charge < -0.3 is 14.2 Å². The van der Waals surface area contributed by atoms with Crippen molar-refractivity contribution in [3.63, 3.8) is 0 Å². The van der Waals surface area contributed by atoms with Gasteiger partial charge in [0.05, 0.1) is 4.92 Å². The Labute approximate surface area is 165 Å². The van der Waals surface area contributed by atoms with E-state index in [1.807, 2.05) is 31.2 Å². The molecule has 0 radical (unpaired) electrons. The Morgan fingerprint density at radius 2 is 1.97 bits per heavy atom. The quantitative estimate of drug-likeness (QED) is 0.338. The van der Waals surface area contributed by atoms with Crippen molar-refractivity contribution in [1.82, 2.24) is 0 Å². The molecule has 4 rings (SSSR count). The molecule has 8 nitrogen and oxygen atoms in total. The highest BCUT2D eigenvalue weighted by Crippen LogP contribution is 2.33. The number of hydrogen-bond donors (Lipinski definition) is 0. The highest BCUT2D eigenvalue weighted by atomic mass is 16.7. The number of benzene rings is 2. The molecule has 0 spiro atoms. The Kier molecular flexibility index (Phi) is 4.59. The van der Waals surface area contributed by atoms with Crippen molar-refractivity contribution in [3.05, 3.63) is 80.5 Å². The van der Waals surface area contributed by atoms with Gasteiger partial charge in [-0.3, -0.25) is 10.1 Å². The molecule has 0 fully saturated rings. The minimum absolute atomic E-state index is 0.00283. The molecule has 2 aliphatic rings. The molecular weight excluding hydrogens is 376 g/mol. The highest BCUT2D eigenvalue weighted by molar-refractivity contribution is 6.11. The lowest BCUT2D eigenvalue weighted by molar-refractivity contribution is -0.385. The maximum Gasteiger partial charge on any atom is 0.363 e. The summed E-state index contributed by atoms with van der Waals surface area (Å²) >= 11 is 0. The van der Waals surface area contributed by atoms with Gasteiger partial charge in [-0.25, -0.2) is 9.79 Å². The Morgan fingerprint density at radius 3 is 2.72 bits per heavy atom. The molecule has 29 heavy (non-hydrogen) atoms. The summed E-state index contributed by atoms with van der Waals surface area (Å²) in [7, 11) is 0. The van der Waals surface area contributed by atoms with Gasteiger partial charge in [-0.05, 0) is 55.3 Å². The van der Waals surface area contributed by atoms with Crippen molar-refractivity contribution in [1.29, 1.82) is 0 Å². The van der Waals surface area contributed by atoms with Crippen LogP contribution < -0.4 is 9.47 Å². The number of cyclic esters (lactones) is 1. The van der Waals surface area contributed by atoms with Crippen molar-refractivity contribution in [3.8, 4) is 11.5 Å². The Hall–Kier alpha value is -3.94. The molecule has 0 saturated carbocycles. The topological polar surface area (TPSA) is 100 Å². The molecule has 2 aromatic carbocycles. The van der Waals surface area contributed by atoms with Gasteiger partial charge in [0.1, 0.15) is 0 Å². The second-order valence-corrected chi connectivity index (χ2v) is 6.60. The maximum absolute atomic E-state index is 12.2. The van der Waals surface area contributed by atoms with Crippen LogP contribution in [0.15, 0.2) is 58.7 Å². The molecule has 146 valence electrons. The molecular formula is C21H16N2O6. The summed E-state index contributed by atoms with van der Waals surface area (Å²) in [5, 5.41) is 11.0. The summed E-state index contributed by atoms with van der Waals surface area (Å²) < 4.78 is 15.9. The molecule has 8 heteroatoms. The van der Waals surface area contributed by atoms with Crippen LogP contribution in [0.1, 0.15) is 23.6 Å². The number of esters is 1. The van der Waals surface area contributed by atoms with Crippen LogP contribution in [0.25, 0.3) is 6.08 Å². The summed E-state index contributed by atoms with van der Waals surface area (Å²) in [6.07, 6.45) is 3.50. The second kappa shape index (κ2) is 7.23. The molecule has 0 aromatic heterocycles. The lowest BCUT2D eigenvalue weighted by atomic mass is 10.1. The van der Waals surface area contributed by atoms with E-state index in [0.29, 0.717) is 22.6 Å². The van der Waals surface area contributed by atoms with Gasteiger partial charge >= 0.3 is 5.97 Å². The highest BCUT2D eigenvalue weighted by Gasteiger charge is 2.25. The van der Waals surface area contributed by atoms with Gasteiger partial charge in [0.2, 0.25) is 12.7 Å². The van der Waals surface area contributed by atoms with E-state index in [4.69, 9.17) is 14.2 Å². The fourth-order valence-electron chi connectivity index (χ4n) is 3.05. The largest absolute Gasteiger partial charge is 0.454 e. The predicted molar refractivity (Wildman–Crippen MR) is 105 cm³/mol. The first-order valence-corrected chi connectivity index (χ1v) is 8.76. The van der Waals surface area contributed by atoms with E-state index in [0.717, 1.165) is 11.1 Å². The molecule has 0 amide bonds. The first-order valence-electron chi connectivity index (χ1n) is 8.76. The van der Waals surface area contributed by atoms with E-state index in [1.54, 1.807) is 19.1 Å².